The summed E-state index contributed by atoms with van der Waals surface area (Å²) in [5.41, 5.74) is 2.65. The molecular formula is C21H22N4O4S. The molecule has 0 aliphatic heterocycles. The van der Waals surface area contributed by atoms with Gasteiger partial charge in [0, 0.05) is 29.3 Å². The molecule has 8 nitrogen and oxygen atoms in total. The zero-order valence-electron chi connectivity index (χ0n) is 16.1. The van der Waals surface area contributed by atoms with Crippen LogP contribution in [0, 0.1) is 5.41 Å². The second kappa shape index (κ2) is 10.1. The number of pyridine rings is 1. The molecule has 0 spiro atoms. The van der Waals surface area contributed by atoms with Crippen molar-refractivity contribution in [1.82, 2.24) is 10.0 Å². The Morgan fingerprint density at radius 1 is 1.23 bits per heavy atom. The first-order valence-electron chi connectivity index (χ1n) is 9.24. The van der Waals surface area contributed by atoms with E-state index in [0.29, 0.717) is 53.1 Å². The lowest BCUT2D eigenvalue weighted by Gasteiger charge is -2.12. The molecule has 0 saturated heterocycles. The highest BCUT2D eigenvalue weighted by Gasteiger charge is 2.10. The van der Waals surface area contributed by atoms with Crippen molar-refractivity contribution in [2.75, 3.05) is 12.4 Å². The molecule has 30 heavy (non-hydrogen) atoms. The molecule has 0 atom stereocenters. The summed E-state index contributed by atoms with van der Waals surface area (Å²) >= 11 is 1.09. The topological polar surface area (TPSA) is 130 Å². The van der Waals surface area contributed by atoms with Gasteiger partial charge in [0.25, 0.3) is 11.5 Å². The monoisotopic (exact) mass is 426 g/mol. The van der Waals surface area contributed by atoms with Crippen LogP contribution in [-0.2, 0) is 6.54 Å². The molecule has 2 aromatic carbocycles. The van der Waals surface area contributed by atoms with Gasteiger partial charge in [-0.25, -0.2) is 5.48 Å². The lowest BCUT2D eigenvalue weighted by molar-refractivity contribution is 0.0706. The number of nitrogens with one attached hydrogen (secondary N) is 2. The zero-order chi connectivity index (χ0) is 21.5. The Hall–Kier alpha value is -3.14. The maximum absolute atomic E-state index is 12.8. The fourth-order valence-electron chi connectivity index (χ4n) is 3.08. The van der Waals surface area contributed by atoms with Crippen LogP contribution in [0.3, 0.4) is 0 Å². The normalized spacial score (nSPS) is 10.7. The van der Waals surface area contributed by atoms with Crippen LogP contribution in [0.25, 0.3) is 10.8 Å². The van der Waals surface area contributed by atoms with Crippen molar-refractivity contribution in [2.45, 2.75) is 13.0 Å². The number of hydrogen-bond donors (Lipinski definition) is 4. The molecule has 1 aromatic heterocycles. The Morgan fingerprint density at radius 2 is 2.03 bits per heavy atom. The Morgan fingerprint density at radius 3 is 2.80 bits per heavy atom. The smallest absolute Gasteiger partial charge is 0.274 e. The van der Waals surface area contributed by atoms with Gasteiger partial charge in [0.1, 0.15) is 5.75 Å². The lowest BCUT2D eigenvalue weighted by atomic mass is 10.1. The molecule has 0 saturated carbocycles. The average Bonchev–Trinajstić information content (AvgIpc) is 2.77. The molecule has 0 unspecified atom stereocenters. The van der Waals surface area contributed by atoms with Crippen molar-refractivity contribution >= 4 is 34.3 Å². The van der Waals surface area contributed by atoms with Crippen LogP contribution < -0.4 is 20.9 Å². The van der Waals surface area contributed by atoms with Crippen molar-refractivity contribution in [3.8, 4) is 5.75 Å². The van der Waals surface area contributed by atoms with E-state index < -0.39 is 5.91 Å². The Bertz CT molecular complexity index is 1130. The fourth-order valence-corrected chi connectivity index (χ4v) is 3.40. The van der Waals surface area contributed by atoms with E-state index in [0.717, 1.165) is 11.9 Å². The summed E-state index contributed by atoms with van der Waals surface area (Å²) in [6.07, 6.45) is 2.29. The summed E-state index contributed by atoms with van der Waals surface area (Å²) in [5.74, 6) is 0.336. The van der Waals surface area contributed by atoms with Gasteiger partial charge >= 0.3 is 0 Å². The number of hydroxylamine groups is 1. The van der Waals surface area contributed by atoms with Crippen molar-refractivity contribution in [1.29, 1.82) is 5.41 Å². The first kappa shape index (κ1) is 21.6. The number of ether oxygens (including phenoxy) is 1. The first-order valence-corrected chi connectivity index (χ1v) is 10.3. The molecule has 0 bridgehead atoms. The van der Waals surface area contributed by atoms with E-state index in [1.807, 2.05) is 18.2 Å². The number of rotatable bonds is 9. The second-order valence-electron chi connectivity index (χ2n) is 6.54. The van der Waals surface area contributed by atoms with Crippen LogP contribution in [0.1, 0.15) is 22.3 Å². The molecule has 0 fully saturated rings. The summed E-state index contributed by atoms with van der Waals surface area (Å²) < 4.78 is 7.39. The van der Waals surface area contributed by atoms with E-state index in [2.05, 4.69) is 0 Å². The SMILES string of the molecule is N=C(CSN)c1ccccc1OCCCn1ccc2ccc(C(=O)NO)cc2c1=O. The number of fused-ring (bicyclic) bond motifs is 1. The number of benzene rings is 2. The van der Waals surface area contributed by atoms with Gasteiger partial charge in [-0.3, -0.25) is 19.9 Å². The van der Waals surface area contributed by atoms with Crippen molar-refractivity contribution < 1.29 is 14.7 Å². The Labute approximate surface area is 177 Å². The molecule has 3 aromatic rings. The van der Waals surface area contributed by atoms with E-state index in [4.69, 9.17) is 20.5 Å². The fraction of sp³-hybridized carbons (Fsp3) is 0.190. The molecule has 9 heteroatoms. The van der Waals surface area contributed by atoms with Gasteiger partial charge in [0.05, 0.1) is 18.1 Å². The number of hydrogen-bond acceptors (Lipinski definition) is 7. The minimum Gasteiger partial charge on any atom is -0.493 e. The lowest BCUT2D eigenvalue weighted by Crippen LogP contribution is -2.22. The van der Waals surface area contributed by atoms with Crippen LogP contribution in [0.15, 0.2) is 59.5 Å². The summed E-state index contributed by atoms with van der Waals surface area (Å²) in [7, 11) is 0. The van der Waals surface area contributed by atoms with Crippen LogP contribution in [0.4, 0.5) is 0 Å². The first-order chi connectivity index (χ1) is 14.5. The van der Waals surface area contributed by atoms with Gasteiger partial charge in [0.15, 0.2) is 0 Å². The van der Waals surface area contributed by atoms with Crippen molar-refractivity contribution in [2.24, 2.45) is 5.14 Å². The Balaban J connectivity index is 1.68. The van der Waals surface area contributed by atoms with Gasteiger partial charge in [-0.05, 0) is 42.1 Å². The molecule has 0 radical (unpaired) electrons. The van der Waals surface area contributed by atoms with Gasteiger partial charge in [-0.15, -0.1) is 0 Å². The van der Waals surface area contributed by atoms with Crippen LogP contribution in [0.2, 0.25) is 0 Å². The summed E-state index contributed by atoms with van der Waals surface area (Å²) in [6, 6.07) is 13.8. The maximum atomic E-state index is 12.8. The largest absolute Gasteiger partial charge is 0.493 e. The van der Waals surface area contributed by atoms with Gasteiger partial charge in [-0.2, -0.15) is 0 Å². The molecule has 0 aliphatic rings. The number of amides is 1. The highest BCUT2D eigenvalue weighted by atomic mass is 32.2. The highest BCUT2D eigenvalue weighted by Crippen LogP contribution is 2.20. The number of aromatic nitrogens is 1. The number of para-hydroxylation sites is 1. The predicted molar refractivity (Wildman–Crippen MR) is 117 cm³/mol. The standard InChI is InChI=1S/C21H22N4O4S/c22-18(13-30-23)16-4-1-2-5-19(16)29-11-3-9-25-10-8-14-6-7-15(20(26)24-28)12-17(14)21(25)27/h1-2,4-8,10,12,22,28H,3,9,11,13,23H2,(H,24,26). The molecule has 3 rings (SSSR count). The average molecular weight is 426 g/mol. The van der Waals surface area contributed by atoms with E-state index in [9.17, 15) is 9.59 Å². The van der Waals surface area contributed by atoms with E-state index >= 15 is 0 Å². The van der Waals surface area contributed by atoms with Gasteiger partial charge in [0.2, 0.25) is 0 Å². The van der Waals surface area contributed by atoms with Crippen LogP contribution in [0.5, 0.6) is 5.75 Å². The number of aryl methyl sites for hydroxylation is 1. The summed E-state index contributed by atoms with van der Waals surface area (Å²) in [6.45, 7) is 0.807. The molecule has 5 N–H and O–H groups in total. The molecular weight excluding hydrogens is 404 g/mol. The van der Waals surface area contributed by atoms with Crippen molar-refractivity contribution in [3.63, 3.8) is 0 Å². The third-order valence-electron chi connectivity index (χ3n) is 4.58. The molecule has 156 valence electrons. The number of carbonyl (C=O) groups excluding carboxylic acids is 1. The number of carbonyl (C=O) groups is 1. The minimum atomic E-state index is -0.669. The zero-order valence-corrected chi connectivity index (χ0v) is 16.9. The molecule has 1 heterocycles. The predicted octanol–water partition coefficient (Wildman–Crippen LogP) is 2.56. The van der Waals surface area contributed by atoms with E-state index in [1.165, 1.54) is 6.07 Å². The van der Waals surface area contributed by atoms with Crippen LogP contribution >= 0.6 is 11.9 Å². The summed E-state index contributed by atoms with van der Waals surface area (Å²) in [4.78, 5) is 24.4. The van der Waals surface area contributed by atoms with Gasteiger partial charge < -0.3 is 14.7 Å². The second-order valence-corrected chi connectivity index (χ2v) is 7.17. The highest BCUT2D eigenvalue weighted by molar-refractivity contribution is 7.97. The third kappa shape index (κ3) is 4.88. The third-order valence-corrected chi connectivity index (χ3v) is 5.04. The quantitative estimate of drug-likeness (QED) is 0.137. The van der Waals surface area contributed by atoms with Gasteiger partial charge in [-0.1, -0.05) is 30.1 Å². The molecule has 0 aliphatic carbocycles. The van der Waals surface area contributed by atoms with Crippen molar-refractivity contribution in [3.05, 3.63) is 76.2 Å². The molecule has 1 amide bonds. The summed E-state index contributed by atoms with van der Waals surface area (Å²) in [5, 5.41) is 23.4. The maximum Gasteiger partial charge on any atom is 0.274 e. The van der Waals surface area contributed by atoms with Crippen LogP contribution in [-0.4, -0.2) is 33.8 Å². The number of nitrogens with two attached hydrogens (primary N) is 1. The van der Waals surface area contributed by atoms with E-state index in [-0.39, 0.29) is 11.1 Å². The number of nitrogens with zero attached hydrogens (tertiary/aromatic N) is 1. The minimum absolute atomic E-state index is 0.206. The Kier molecular flexibility index (Phi) is 7.23. The van der Waals surface area contributed by atoms with E-state index in [1.54, 1.807) is 40.5 Å².